The molecule has 2 aromatic carbocycles. The summed E-state index contributed by atoms with van der Waals surface area (Å²) in [6, 6.07) is 15.9. The Morgan fingerprint density at radius 2 is 1.95 bits per heavy atom. The van der Waals surface area contributed by atoms with Gasteiger partial charge in [0, 0.05) is 32.8 Å². The number of nitrogens with zero attached hydrogens (tertiary/aromatic N) is 1. The standard InChI is InChI=1S/C17H17BrN2O/c1-12-17(18)15-7-2-3-8-16(15)20(12)9-10-21-14-6-4-5-13(19)11-14/h2-8,11H,9-10,19H2,1H3. The lowest BCUT2D eigenvalue weighted by atomic mass is 10.2. The molecular formula is C17H17BrN2O. The van der Waals surface area contributed by atoms with E-state index in [4.69, 9.17) is 10.5 Å². The molecule has 0 amide bonds. The van der Waals surface area contributed by atoms with Crippen molar-refractivity contribution in [3.63, 3.8) is 0 Å². The van der Waals surface area contributed by atoms with Crippen LogP contribution in [-0.2, 0) is 6.54 Å². The van der Waals surface area contributed by atoms with Gasteiger partial charge in [0.05, 0.1) is 6.54 Å². The van der Waals surface area contributed by atoms with Crippen LogP contribution in [0, 0.1) is 6.92 Å². The summed E-state index contributed by atoms with van der Waals surface area (Å²) in [7, 11) is 0. The second-order valence-corrected chi connectivity index (χ2v) is 5.78. The fourth-order valence-corrected chi connectivity index (χ4v) is 3.09. The third kappa shape index (κ3) is 2.76. The average molecular weight is 345 g/mol. The fourth-order valence-electron chi connectivity index (χ4n) is 2.54. The molecule has 0 saturated carbocycles. The number of ether oxygens (including phenoxy) is 1. The first-order valence-electron chi connectivity index (χ1n) is 6.88. The summed E-state index contributed by atoms with van der Waals surface area (Å²) in [5.41, 5.74) is 8.91. The van der Waals surface area contributed by atoms with Crippen LogP contribution in [0.3, 0.4) is 0 Å². The van der Waals surface area contributed by atoms with Crippen molar-refractivity contribution in [2.45, 2.75) is 13.5 Å². The Bertz CT molecular complexity index is 780. The van der Waals surface area contributed by atoms with Crippen LogP contribution in [0.1, 0.15) is 5.69 Å². The summed E-state index contributed by atoms with van der Waals surface area (Å²) in [6.07, 6.45) is 0. The molecule has 0 bridgehead atoms. The van der Waals surface area contributed by atoms with E-state index in [2.05, 4.69) is 51.7 Å². The van der Waals surface area contributed by atoms with E-state index in [1.165, 1.54) is 16.6 Å². The monoisotopic (exact) mass is 344 g/mol. The predicted molar refractivity (Wildman–Crippen MR) is 90.7 cm³/mol. The van der Waals surface area contributed by atoms with E-state index >= 15 is 0 Å². The molecule has 0 aliphatic carbocycles. The van der Waals surface area contributed by atoms with Crippen molar-refractivity contribution in [2.75, 3.05) is 12.3 Å². The molecule has 0 atom stereocenters. The van der Waals surface area contributed by atoms with Crippen molar-refractivity contribution in [3.05, 3.63) is 58.7 Å². The maximum Gasteiger partial charge on any atom is 0.121 e. The van der Waals surface area contributed by atoms with E-state index < -0.39 is 0 Å². The Labute approximate surface area is 132 Å². The van der Waals surface area contributed by atoms with Gasteiger partial charge in [0.15, 0.2) is 0 Å². The number of nitrogen functional groups attached to an aromatic ring is 1. The molecule has 0 saturated heterocycles. The van der Waals surface area contributed by atoms with E-state index in [-0.39, 0.29) is 0 Å². The number of hydrogen-bond donors (Lipinski definition) is 1. The van der Waals surface area contributed by atoms with Crippen LogP contribution >= 0.6 is 15.9 Å². The lowest BCUT2D eigenvalue weighted by Gasteiger charge is -2.10. The summed E-state index contributed by atoms with van der Waals surface area (Å²) in [6.45, 7) is 3.52. The molecule has 21 heavy (non-hydrogen) atoms. The van der Waals surface area contributed by atoms with Crippen LogP contribution in [0.2, 0.25) is 0 Å². The third-order valence-electron chi connectivity index (χ3n) is 3.60. The molecule has 3 rings (SSSR count). The van der Waals surface area contributed by atoms with Crippen LogP contribution < -0.4 is 10.5 Å². The van der Waals surface area contributed by atoms with Crippen LogP contribution in [0.4, 0.5) is 5.69 Å². The fraction of sp³-hybridized carbons (Fsp3) is 0.176. The quantitative estimate of drug-likeness (QED) is 0.713. The summed E-state index contributed by atoms with van der Waals surface area (Å²) in [4.78, 5) is 0. The highest BCUT2D eigenvalue weighted by atomic mass is 79.9. The Kier molecular flexibility index (Phi) is 3.88. The second-order valence-electron chi connectivity index (χ2n) is 4.99. The Morgan fingerprint density at radius 3 is 2.76 bits per heavy atom. The minimum atomic E-state index is 0.607. The number of rotatable bonds is 4. The largest absolute Gasteiger partial charge is 0.492 e. The molecule has 1 aromatic heterocycles. The van der Waals surface area contributed by atoms with Gasteiger partial charge in [-0.1, -0.05) is 24.3 Å². The minimum absolute atomic E-state index is 0.607. The molecule has 0 spiro atoms. The summed E-state index contributed by atoms with van der Waals surface area (Å²) < 4.78 is 9.21. The van der Waals surface area contributed by atoms with E-state index in [1.807, 2.05) is 24.3 Å². The highest BCUT2D eigenvalue weighted by Gasteiger charge is 2.11. The van der Waals surface area contributed by atoms with Gasteiger partial charge in [0.1, 0.15) is 12.4 Å². The first-order chi connectivity index (χ1) is 10.2. The minimum Gasteiger partial charge on any atom is -0.492 e. The molecule has 0 fully saturated rings. The van der Waals surface area contributed by atoms with Gasteiger partial charge in [-0.15, -0.1) is 0 Å². The number of halogens is 1. The number of anilines is 1. The van der Waals surface area contributed by atoms with Gasteiger partial charge in [0.2, 0.25) is 0 Å². The average Bonchev–Trinajstić information content (AvgIpc) is 2.73. The highest BCUT2D eigenvalue weighted by Crippen LogP contribution is 2.30. The Morgan fingerprint density at radius 1 is 1.14 bits per heavy atom. The normalized spacial score (nSPS) is 11.0. The smallest absolute Gasteiger partial charge is 0.121 e. The second kappa shape index (κ2) is 5.82. The van der Waals surface area contributed by atoms with Crippen LogP contribution in [-0.4, -0.2) is 11.2 Å². The molecule has 0 aliphatic rings. The first-order valence-corrected chi connectivity index (χ1v) is 7.68. The van der Waals surface area contributed by atoms with Crippen LogP contribution in [0.15, 0.2) is 53.0 Å². The predicted octanol–water partition coefficient (Wildman–Crippen LogP) is 4.37. The van der Waals surface area contributed by atoms with Gasteiger partial charge in [-0.25, -0.2) is 0 Å². The number of hydrogen-bond acceptors (Lipinski definition) is 2. The summed E-state index contributed by atoms with van der Waals surface area (Å²) >= 11 is 3.67. The van der Waals surface area contributed by atoms with Crippen molar-refractivity contribution < 1.29 is 4.74 Å². The SMILES string of the molecule is Cc1c(Br)c2ccccc2n1CCOc1cccc(N)c1. The zero-order chi connectivity index (χ0) is 14.8. The zero-order valence-electron chi connectivity index (χ0n) is 11.8. The van der Waals surface area contributed by atoms with Gasteiger partial charge in [-0.3, -0.25) is 0 Å². The zero-order valence-corrected chi connectivity index (χ0v) is 13.4. The van der Waals surface area contributed by atoms with Gasteiger partial charge >= 0.3 is 0 Å². The van der Waals surface area contributed by atoms with E-state index in [0.29, 0.717) is 6.61 Å². The van der Waals surface area contributed by atoms with Gasteiger partial charge in [-0.05, 0) is 41.1 Å². The molecule has 4 heteroatoms. The molecule has 0 aliphatic heterocycles. The van der Waals surface area contributed by atoms with Gasteiger partial charge < -0.3 is 15.0 Å². The first kappa shape index (κ1) is 14.0. The topological polar surface area (TPSA) is 40.2 Å². The number of nitrogens with two attached hydrogens (primary N) is 1. The molecule has 0 unspecified atom stereocenters. The van der Waals surface area contributed by atoms with Gasteiger partial charge in [-0.2, -0.15) is 0 Å². The summed E-state index contributed by atoms with van der Waals surface area (Å²) in [5.74, 6) is 0.809. The molecular weight excluding hydrogens is 328 g/mol. The van der Waals surface area contributed by atoms with Crippen LogP contribution in [0.5, 0.6) is 5.75 Å². The van der Waals surface area contributed by atoms with Crippen molar-refractivity contribution in [3.8, 4) is 5.75 Å². The Balaban J connectivity index is 1.78. The number of para-hydroxylation sites is 1. The number of aromatic nitrogens is 1. The lowest BCUT2D eigenvalue weighted by Crippen LogP contribution is -2.09. The molecule has 3 nitrogen and oxygen atoms in total. The van der Waals surface area contributed by atoms with E-state index in [0.717, 1.165) is 22.5 Å². The number of fused-ring (bicyclic) bond motifs is 1. The maximum atomic E-state index is 5.79. The molecule has 0 radical (unpaired) electrons. The molecule has 1 heterocycles. The molecule has 108 valence electrons. The maximum absolute atomic E-state index is 5.79. The van der Waals surface area contributed by atoms with E-state index in [9.17, 15) is 0 Å². The molecule has 3 aromatic rings. The third-order valence-corrected chi connectivity index (χ3v) is 4.60. The molecule has 2 N–H and O–H groups in total. The van der Waals surface area contributed by atoms with Crippen molar-refractivity contribution in [1.82, 2.24) is 4.57 Å². The summed E-state index contributed by atoms with van der Waals surface area (Å²) in [5, 5.41) is 1.24. The van der Waals surface area contributed by atoms with Crippen LogP contribution in [0.25, 0.3) is 10.9 Å². The van der Waals surface area contributed by atoms with Crippen molar-refractivity contribution >= 4 is 32.5 Å². The van der Waals surface area contributed by atoms with Crippen molar-refractivity contribution in [1.29, 1.82) is 0 Å². The lowest BCUT2D eigenvalue weighted by molar-refractivity contribution is 0.299. The van der Waals surface area contributed by atoms with Gasteiger partial charge in [0.25, 0.3) is 0 Å². The highest BCUT2D eigenvalue weighted by molar-refractivity contribution is 9.10. The van der Waals surface area contributed by atoms with Crippen molar-refractivity contribution in [2.24, 2.45) is 0 Å². The van der Waals surface area contributed by atoms with E-state index in [1.54, 1.807) is 0 Å². The Hall–Kier alpha value is -1.94. The number of benzene rings is 2.